The van der Waals surface area contributed by atoms with Gasteiger partial charge in [0, 0.05) is 63.8 Å². The Labute approximate surface area is 827 Å². The Hall–Kier alpha value is -14.8. The first kappa shape index (κ1) is 104. The number of ketones is 1. The zero-order chi connectivity index (χ0) is 100. The number of aryl methyl sites for hydroxylation is 5. The van der Waals surface area contributed by atoms with Gasteiger partial charge >= 0.3 is 6.18 Å². The van der Waals surface area contributed by atoms with Crippen LogP contribution in [0.2, 0.25) is 0 Å². The fourth-order valence-corrected chi connectivity index (χ4v) is 19.4. The van der Waals surface area contributed by atoms with E-state index >= 15 is 0 Å². The number of alkyl halides is 3. The van der Waals surface area contributed by atoms with Gasteiger partial charge in [0.15, 0.2) is 33.6 Å². The number of nitrogens with one attached hydrogen (secondary N) is 1. The average Bonchev–Trinajstić information content (AvgIpc) is 1.75. The molecule has 5 heterocycles. The van der Waals surface area contributed by atoms with Crippen LogP contribution in [0.15, 0.2) is 317 Å². The predicted octanol–water partition coefficient (Wildman–Crippen LogP) is 22.6. The van der Waals surface area contributed by atoms with Crippen molar-refractivity contribution in [2.45, 2.75) is 114 Å². The summed E-state index contributed by atoms with van der Waals surface area (Å²) in [5.41, 5.74) is 14.7. The molecule has 1 amide bonds. The third-order valence-corrected chi connectivity index (χ3v) is 28.1. The number of amides is 1. The molecule has 0 bridgehead atoms. The Morgan fingerprint density at radius 1 is 0.525 bits per heavy atom. The third-order valence-electron chi connectivity index (χ3n) is 20.9. The second-order valence-electron chi connectivity index (χ2n) is 31.1. The van der Waals surface area contributed by atoms with Crippen LogP contribution in [-0.4, -0.2) is 131 Å². The van der Waals surface area contributed by atoms with Gasteiger partial charge in [-0.3, -0.25) is 23.0 Å². The molecule has 2 unspecified atom stereocenters. The lowest BCUT2D eigenvalue weighted by Gasteiger charge is -2.24. The van der Waals surface area contributed by atoms with Crippen LogP contribution in [0.4, 0.5) is 50.9 Å². The Balaban J connectivity index is 0.000000149. The lowest BCUT2D eigenvalue weighted by atomic mass is 10.1. The molecule has 5 aromatic heterocycles. The minimum atomic E-state index is -4.50. The van der Waals surface area contributed by atoms with Crippen LogP contribution >= 0.6 is 58.8 Å². The Kier molecular flexibility index (Phi) is 35.8. The number of nitrogens with zero attached hydrogens (tertiary/aromatic N) is 20. The van der Waals surface area contributed by atoms with Crippen molar-refractivity contribution in [1.82, 2.24) is 90.2 Å². The molecular weight excluding hydrogens is 1930 g/mol. The maximum Gasteiger partial charge on any atom is 0.416 e. The number of nitriles is 1. The van der Waals surface area contributed by atoms with Crippen LogP contribution in [0.3, 0.4) is 0 Å². The molecule has 1 N–H and O–H groups in total. The molecule has 12 aromatic carbocycles. The van der Waals surface area contributed by atoms with E-state index < -0.39 is 73.0 Å². The quantitative estimate of drug-likeness (QED) is 0.0144. The number of thioether (sulfide) groups is 5. The SMILES string of the molecule is C=C(C)c1ccc(OCC)c(CSc2nnnn2-c2cc(C)ccc2C)c1.C=S(=O)(c1cccc(CC(=O)CSc2nnnn2-c2ccccc2C)c1)N(C)c1ccccc1.Cc1ccc(C)c(-n2nnnc2SCc2c(F)c(F)c(F)c(F)c2F)c1.N#Cc1cccc(CSc2nncn2-c2cccc(F)c2)c1.O=C(Nc1cccc(C(F)(F)F)c1)C(Sc1nncn1-c1ccccc1)c1ccccc1. The zero-order valence-corrected chi connectivity index (χ0v) is 81.6. The van der Waals surface area contributed by atoms with Crippen molar-refractivity contribution >= 4 is 103 Å². The Morgan fingerprint density at radius 3 is 1.67 bits per heavy atom. The summed E-state index contributed by atoms with van der Waals surface area (Å²) in [5.74, 6) is -4.68. The van der Waals surface area contributed by atoms with E-state index in [-0.39, 0.29) is 34.6 Å². The summed E-state index contributed by atoms with van der Waals surface area (Å²) in [6.45, 7) is 18.5. The number of halogens is 9. The molecule has 0 saturated carbocycles. The minimum absolute atomic E-state index is 0.0217. The van der Waals surface area contributed by atoms with Crippen molar-refractivity contribution in [1.29, 1.82) is 5.26 Å². The van der Waals surface area contributed by atoms with Crippen LogP contribution < -0.4 is 14.4 Å². The Bertz CT molecular complexity index is 7370. The lowest BCUT2D eigenvalue weighted by Crippen LogP contribution is -2.26. The van der Waals surface area contributed by atoms with Crippen molar-refractivity contribution < 1.29 is 58.0 Å². The normalized spacial score (nSPS) is 11.6. The van der Waals surface area contributed by atoms with E-state index in [1.165, 1.54) is 58.0 Å². The number of allylic oxidation sites excluding steroid dienone is 1. The van der Waals surface area contributed by atoms with Gasteiger partial charge in [-0.15, -0.1) is 35.7 Å². The van der Waals surface area contributed by atoms with Gasteiger partial charge in [0.05, 0.1) is 62.0 Å². The van der Waals surface area contributed by atoms with Gasteiger partial charge in [0.2, 0.25) is 27.2 Å². The van der Waals surface area contributed by atoms with Crippen LogP contribution in [0, 0.1) is 80.9 Å². The van der Waals surface area contributed by atoms with Gasteiger partial charge in [-0.05, 0) is 251 Å². The summed E-state index contributed by atoms with van der Waals surface area (Å²) in [4.78, 5) is 26.5. The van der Waals surface area contributed by atoms with E-state index in [0.717, 1.165) is 119 Å². The maximum absolute atomic E-state index is 13.8. The van der Waals surface area contributed by atoms with Crippen LogP contribution in [0.25, 0.3) is 34.0 Å². The fourth-order valence-electron chi connectivity index (χ4n) is 13.6. The molecule has 0 aliphatic carbocycles. The second-order valence-corrected chi connectivity index (χ2v) is 38.3. The fraction of sp³-hybridized carbons (Fsp3) is 0.158. The Morgan fingerprint density at radius 2 is 1.06 bits per heavy atom. The van der Waals surface area contributed by atoms with Crippen LogP contribution in [0.1, 0.15) is 91.4 Å². The highest BCUT2D eigenvalue weighted by Crippen LogP contribution is 2.40. The molecule has 0 radical (unpaired) electrons. The molecule has 17 aromatic rings. The van der Waals surface area contributed by atoms with E-state index in [9.17, 15) is 53.3 Å². The number of carbonyl (C=O) groups is 2. The number of tetrazole rings is 3. The van der Waals surface area contributed by atoms with E-state index in [1.54, 1.807) is 109 Å². The molecule has 25 nitrogen and oxygen atoms in total. The number of carbonyl (C=O) groups excluding carboxylic acids is 2. The van der Waals surface area contributed by atoms with E-state index in [2.05, 4.69) is 129 Å². The predicted molar refractivity (Wildman–Crippen MR) is 532 cm³/mol. The maximum atomic E-state index is 13.8. The van der Waals surface area contributed by atoms with Crippen molar-refractivity contribution in [3.05, 3.63) is 393 Å². The monoisotopic (exact) mass is 2020 g/mol. The molecule has 720 valence electrons. The first-order chi connectivity index (χ1) is 67.8. The summed E-state index contributed by atoms with van der Waals surface area (Å²) < 4.78 is 149. The second kappa shape index (κ2) is 48.7. The summed E-state index contributed by atoms with van der Waals surface area (Å²) in [5, 5.41) is 64.8. The standard InChI is InChI=1S/C25H25N5O2S2.C23H17F3N4OS.C21H24N4OS.C16H11F5N4S.C16H11FN4S/c1-19-10-7-8-15-24(19)30-25(26-27-28-30)33-18-22(31)16-20-11-9-14-23(17-20)34(3,32)29(2)21-12-5-4-6-13-21;24-23(25,26)17-10-7-11-18(14-17)28-21(31)20(16-8-3-1-4-9-16)32-22-29-27-15-30(22)19-12-5-2-6-13-19;1-6-26-20-10-9-17(14(2)3)12-18(20)13-27-21-22-23-24-25(21)19-11-15(4)7-8-16(19)5;1-7-3-4-8(2)10(5-7)25-16(22-23-24-25)26-6-9-11(17)13(19)15(21)14(20)12(9)18;17-14-5-2-6-15(8-14)21-11-19-20-16(21)22-10-13-4-1-3-12(7-13)9-18/h4-15,17H,3,16,18H2,1-2H3;1-15,20H,(H,28,31);7-12H,2,6,13H2,1,3-5H3;3-5H,6H2,1-2H3;1-8,11H,10H2. The summed E-state index contributed by atoms with van der Waals surface area (Å²) in [6.07, 6.45) is -1.18. The zero-order valence-electron chi connectivity index (χ0n) is 76.7. The molecule has 0 spiro atoms. The van der Waals surface area contributed by atoms with E-state index in [4.69, 9.17) is 10.00 Å². The number of Topliss-reactive ketones (excluding diaryl/α,β-unsaturated/α-hetero) is 1. The molecule has 40 heteroatoms. The first-order valence-electron chi connectivity index (χ1n) is 42.9. The molecule has 0 saturated heterocycles. The van der Waals surface area contributed by atoms with E-state index in [1.807, 2.05) is 186 Å². The highest BCUT2D eigenvalue weighted by atomic mass is 32.2. The topological polar surface area (TPSA) is 292 Å². The first-order valence-corrected chi connectivity index (χ1v) is 49.4. The number of anilines is 2. The van der Waals surface area contributed by atoms with Gasteiger partial charge in [-0.1, -0.05) is 223 Å². The number of para-hydroxylation sites is 3. The highest BCUT2D eigenvalue weighted by molar-refractivity contribution is 8.01. The van der Waals surface area contributed by atoms with Crippen LogP contribution in [0.5, 0.6) is 5.75 Å². The summed E-state index contributed by atoms with van der Waals surface area (Å²) in [7, 11) is -0.990. The molecule has 0 aliphatic heterocycles. The van der Waals surface area contributed by atoms with Crippen LogP contribution in [-0.2, 0) is 49.2 Å². The van der Waals surface area contributed by atoms with Gasteiger partial charge < -0.3 is 10.1 Å². The van der Waals surface area contributed by atoms with Crippen molar-refractivity contribution in [2.24, 2.45) is 0 Å². The van der Waals surface area contributed by atoms with Gasteiger partial charge in [-0.25, -0.2) is 30.6 Å². The number of rotatable bonds is 30. The number of hydrogen-bond acceptors (Lipinski definition) is 23. The smallest absolute Gasteiger partial charge is 0.416 e. The molecule has 2 atom stereocenters. The van der Waals surface area contributed by atoms with Gasteiger partial charge in [-0.2, -0.15) is 32.5 Å². The summed E-state index contributed by atoms with van der Waals surface area (Å²) >= 11 is 6.30. The number of ether oxygens (including phenoxy) is 1. The third kappa shape index (κ3) is 27.2. The molecule has 17 rings (SSSR count). The van der Waals surface area contributed by atoms with Gasteiger partial charge in [0.1, 0.15) is 35.3 Å². The van der Waals surface area contributed by atoms with Crippen molar-refractivity contribution in [3.8, 4) is 40.3 Å². The molecule has 141 heavy (non-hydrogen) atoms. The number of hydrogen-bond donors (Lipinski definition) is 1. The highest BCUT2D eigenvalue weighted by Gasteiger charge is 2.33. The lowest BCUT2D eigenvalue weighted by molar-refractivity contribution is -0.137. The van der Waals surface area contributed by atoms with E-state index in [0.29, 0.717) is 61.0 Å². The van der Waals surface area contributed by atoms with Gasteiger partial charge in [0.25, 0.3) is 0 Å². The summed E-state index contributed by atoms with van der Waals surface area (Å²) in [6, 6.07) is 81.3. The molecule has 0 fully saturated rings. The van der Waals surface area contributed by atoms with Crippen molar-refractivity contribution in [3.63, 3.8) is 0 Å². The average molecular weight is 2020 g/mol. The number of benzene rings is 12. The minimum Gasteiger partial charge on any atom is -0.494 e. The largest absolute Gasteiger partial charge is 0.494 e. The van der Waals surface area contributed by atoms with Crippen molar-refractivity contribution in [2.75, 3.05) is 29.0 Å². The molecule has 0 aliphatic rings. The number of aromatic nitrogens is 18. The molecular formula is C101H88F9N21O4S6.